The van der Waals surface area contributed by atoms with Gasteiger partial charge in [0.15, 0.2) is 0 Å². The predicted molar refractivity (Wildman–Crippen MR) is 99.6 cm³/mol. The number of aryl methyl sites for hydroxylation is 2. The molecule has 0 spiro atoms. The highest BCUT2D eigenvalue weighted by Gasteiger charge is 2.10. The number of hydrogen-bond acceptors (Lipinski definition) is 4. The fourth-order valence-corrected chi connectivity index (χ4v) is 2.70. The van der Waals surface area contributed by atoms with E-state index in [1.54, 1.807) is 31.6 Å². The molecule has 0 unspecified atom stereocenters. The first-order valence-electron chi connectivity index (χ1n) is 7.84. The highest BCUT2D eigenvalue weighted by Crippen LogP contribution is 2.30. The fourth-order valence-electron chi connectivity index (χ4n) is 2.70. The Bertz CT molecular complexity index is 1010. The number of rotatable bonds is 3. The lowest BCUT2D eigenvalue weighted by molar-refractivity contribution is 0.417. The average molecular weight is 333 g/mol. The molecule has 0 atom stereocenters. The van der Waals surface area contributed by atoms with Crippen LogP contribution in [0.1, 0.15) is 18.1 Å². The smallest absolute Gasteiger partial charge is 0.142 e. The molecule has 0 aliphatic carbocycles. The SMILES string of the molecule is COc1ccc(C#N)cc1NC(C)=Nc1c(C)ccc2c1ncn2C. The Morgan fingerprint density at radius 3 is 2.84 bits per heavy atom. The number of nitriles is 1. The summed E-state index contributed by atoms with van der Waals surface area (Å²) in [6, 6.07) is 11.4. The molecule has 0 amide bonds. The summed E-state index contributed by atoms with van der Waals surface area (Å²) in [5.74, 6) is 1.34. The molecule has 2 aromatic carbocycles. The number of fused-ring (bicyclic) bond motifs is 1. The first-order chi connectivity index (χ1) is 12.0. The number of aliphatic imine (C=N–C) groups is 1. The Balaban J connectivity index is 2.01. The predicted octanol–water partition coefficient (Wildman–Crippen LogP) is 3.92. The van der Waals surface area contributed by atoms with E-state index in [2.05, 4.69) is 16.4 Å². The van der Waals surface area contributed by atoms with Crippen molar-refractivity contribution >= 4 is 28.2 Å². The number of imidazole rings is 1. The Labute approximate surface area is 146 Å². The summed E-state index contributed by atoms with van der Waals surface area (Å²) in [4.78, 5) is 9.18. The Hall–Kier alpha value is -3.33. The zero-order chi connectivity index (χ0) is 18.0. The lowest BCUT2D eigenvalue weighted by atomic mass is 10.1. The minimum absolute atomic E-state index is 0.555. The van der Waals surface area contributed by atoms with Crippen LogP contribution in [0.3, 0.4) is 0 Å². The van der Waals surface area contributed by atoms with Crippen LogP contribution >= 0.6 is 0 Å². The van der Waals surface area contributed by atoms with E-state index in [-0.39, 0.29) is 0 Å². The van der Waals surface area contributed by atoms with Gasteiger partial charge in [-0.1, -0.05) is 6.07 Å². The third-order valence-electron chi connectivity index (χ3n) is 4.00. The molecule has 0 bridgehead atoms. The van der Waals surface area contributed by atoms with Gasteiger partial charge in [-0.3, -0.25) is 0 Å². The number of hydrogen-bond donors (Lipinski definition) is 1. The maximum atomic E-state index is 9.09. The van der Waals surface area contributed by atoms with Crippen molar-refractivity contribution in [2.24, 2.45) is 12.0 Å². The van der Waals surface area contributed by atoms with Crippen molar-refractivity contribution < 1.29 is 4.74 Å². The number of anilines is 1. The molecule has 0 saturated carbocycles. The van der Waals surface area contributed by atoms with Crippen LogP contribution < -0.4 is 10.1 Å². The molecule has 1 N–H and O–H groups in total. The summed E-state index contributed by atoms with van der Waals surface area (Å²) < 4.78 is 7.32. The molecular formula is C19H19N5O. The molecule has 3 rings (SSSR count). The van der Waals surface area contributed by atoms with Crippen molar-refractivity contribution in [1.29, 1.82) is 5.26 Å². The summed E-state index contributed by atoms with van der Waals surface area (Å²) in [6.45, 7) is 3.89. The van der Waals surface area contributed by atoms with Crippen LogP contribution in [0.4, 0.5) is 11.4 Å². The van der Waals surface area contributed by atoms with Gasteiger partial charge >= 0.3 is 0 Å². The largest absolute Gasteiger partial charge is 0.495 e. The van der Waals surface area contributed by atoms with Crippen LogP contribution in [-0.2, 0) is 7.05 Å². The van der Waals surface area contributed by atoms with E-state index >= 15 is 0 Å². The van der Waals surface area contributed by atoms with Crippen molar-refractivity contribution in [1.82, 2.24) is 9.55 Å². The zero-order valence-electron chi connectivity index (χ0n) is 14.7. The van der Waals surface area contributed by atoms with E-state index in [4.69, 9.17) is 15.0 Å². The molecule has 0 aliphatic heterocycles. The van der Waals surface area contributed by atoms with Crippen molar-refractivity contribution in [3.8, 4) is 11.8 Å². The van der Waals surface area contributed by atoms with Crippen molar-refractivity contribution in [2.45, 2.75) is 13.8 Å². The van der Waals surface area contributed by atoms with Gasteiger partial charge < -0.3 is 14.6 Å². The first-order valence-corrected chi connectivity index (χ1v) is 7.84. The molecule has 126 valence electrons. The first kappa shape index (κ1) is 16.5. The van der Waals surface area contributed by atoms with Crippen molar-refractivity contribution in [2.75, 3.05) is 12.4 Å². The number of nitrogens with one attached hydrogen (secondary N) is 1. The minimum Gasteiger partial charge on any atom is -0.495 e. The van der Waals surface area contributed by atoms with Crippen LogP contribution in [0.15, 0.2) is 41.7 Å². The second-order valence-electron chi connectivity index (χ2n) is 5.80. The summed E-state index contributed by atoms with van der Waals surface area (Å²) in [7, 11) is 3.55. The van der Waals surface area contributed by atoms with Crippen LogP contribution in [-0.4, -0.2) is 22.5 Å². The van der Waals surface area contributed by atoms with Gasteiger partial charge in [0.1, 0.15) is 17.1 Å². The number of aromatic nitrogens is 2. The molecule has 25 heavy (non-hydrogen) atoms. The Morgan fingerprint density at radius 1 is 1.32 bits per heavy atom. The van der Waals surface area contributed by atoms with E-state index in [1.807, 2.05) is 37.6 Å². The molecule has 0 saturated heterocycles. The molecule has 0 fully saturated rings. The average Bonchev–Trinajstić information content (AvgIpc) is 2.98. The summed E-state index contributed by atoms with van der Waals surface area (Å²) in [6.07, 6.45) is 1.78. The highest BCUT2D eigenvalue weighted by molar-refractivity contribution is 6.00. The van der Waals surface area contributed by atoms with E-state index in [9.17, 15) is 0 Å². The van der Waals surface area contributed by atoms with Gasteiger partial charge in [0.25, 0.3) is 0 Å². The van der Waals surface area contributed by atoms with Gasteiger partial charge in [0.2, 0.25) is 0 Å². The topological polar surface area (TPSA) is 75.2 Å². The molecule has 0 radical (unpaired) electrons. The van der Waals surface area contributed by atoms with Crippen molar-refractivity contribution in [3.05, 3.63) is 47.8 Å². The van der Waals surface area contributed by atoms with Gasteiger partial charge in [-0.05, 0) is 43.7 Å². The van der Waals surface area contributed by atoms with E-state index in [0.717, 1.165) is 22.3 Å². The molecule has 3 aromatic rings. The van der Waals surface area contributed by atoms with E-state index < -0.39 is 0 Å². The van der Waals surface area contributed by atoms with Gasteiger partial charge in [-0.15, -0.1) is 0 Å². The van der Waals surface area contributed by atoms with Crippen LogP contribution in [0.5, 0.6) is 5.75 Å². The number of benzene rings is 2. The fraction of sp³-hybridized carbons (Fsp3) is 0.211. The lowest BCUT2D eigenvalue weighted by Crippen LogP contribution is -2.08. The third-order valence-corrected chi connectivity index (χ3v) is 4.00. The number of amidine groups is 1. The molecule has 1 aromatic heterocycles. The van der Waals surface area contributed by atoms with Crippen molar-refractivity contribution in [3.63, 3.8) is 0 Å². The van der Waals surface area contributed by atoms with Gasteiger partial charge in [0, 0.05) is 7.05 Å². The highest BCUT2D eigenvalue weighted by atomic mass is 16.5. The Kier molecular flexibility index (Phi) is 4.40. The summed E-state index contributed by atoms with van der Waals surface area (Å²) >= 11 is 0. The van der Waals surface area contributed by atoms with Gasteiger partial charge in [0.05, 0.1) is 42.0 Å². The zero-order valence-corrected chi connectivity index (χ0v) is 14.7. The molecule has 1 heterocycles. The number of nitrogens with zero attached hydrogens (tertiary/aromatic N) is 4. The molecule has 6 heteroatoms. The second-order valence-corrected chi connectivity index (χ2v) is 5.80. The van der Waals surface area contributed by atoms with Gasteiger partial charge in [-0.25, -0.2) is 9.98 Å². The number of methoxy groups -OCH3 is 1. The molecule has 6 nitrogen and oxygen atoms in total. The maximum Gasteiger partial charge on any atom is 0.142 e. The van der Waals surface area contributed by atoms with Crippen LogP contribution in [0.2, 0.25) is 0 Å². The Morgan fingerprint density at radius 2 is 2.12 bits per heavy atom. The summed E-state index contributed by atoms with van der Waals surface area (Å²) in [5, 5.41) is 12.3. The standard InChI is InChI=1S/C19H19N5O/c1-12-5-7-16-19(21-11-24(16)3)18(12)23-13(2)22-15-9-14(10-20)6-8-17(15)25-4/h5-9,11H,1-4H3,(H,22,23). The van der Waals surface area contributed by atoms with Crippen LogP contribution in [0, 0.1) is 18.3 Å². The summed E-state index contributed by atoms with van der Waals surface area (Å²) in [5.41, 5.74) is 5.03. The second kappa shape index (κ2) is 6.65. The normalized spacial score (nSPS) is 11.4. The third kappa shape index (κ3) is 3.17. The van der Waals surface area contributed by atoms with Gasteiger partial charge in [-0.2, -0.15) is 5.26 Å². The molecular weight excluding hydrogens is 314 g/mol. The molecule has 0 aliphatic rings. The minimum atomic E-state index is 0.555. The number of ether oxygens (including phenoxy) is 1. The maximum absolute atomic E-state index is 9.09. The quantitative estimate of drug-likeness (QED) is 0.582. The lowest BCUT2D eigenvalue weighted by Gasteiger charge is -2.12. The van der Waals surface area contributed by atoms with Crippen LogP contribution in [0.25, 0.3) is 11.0 Å². The monoisotopic (exact) mass is 333 g/mol. The van der Waals surface area contributed by atoms with E-state index in [0.29, 0.717) is 22.8 Å². The van der Waals surface area contributed by atoms with E-state index in [1.165, 1.54) is 0 Å².